The topological polar surface area (TPSA) is 12.9 Å². The molecule has 0 saturated carbocycles. The maximum absolute atomic E-state index is 5.82. The zero-order valence-electron chi connectivity index (χ0n) is 8.77. The van der Waals surface area contributed by atoms with Crippen molar-refractivity contribution in [2.75, 3.05) is 0 Å². The second-order valence-corrected chi connectivity index (χ2v) is 4.86. The second kappa shape index (κ2) is 5.92. The van der Waals surface area contributed by atoms with Gasteiger partial charge in [-0.1, -0.05) is 29.8 Å². The molecule has 82 valence electrons. The molecule has 0 bridgehead atoms. The molecular weight excluding hydrogens is 238 g/mol. The number of pyridine rings is 1. The summed E-state index contributed by atoms with van der Waals surface area (Å²) in [5, 5.41) is 0.790. The molecule has 0 radical (unpaired) electrons. The number of hydrogen-bond donors (Lipinski definition) is 0. The Hall–Kier alpha value is -0.990. The number of hydrogen-bond acceptors (Lipinski definition) is 2. The number of thioether (sulfide) groups is 1. The van der Waals surface area contributed by atoms with Crippen LogP contribution in [0.25, 0.3) is 0 Å². The molecule has 2 aromatic rings. The summed E-state index contributed by atoms with van der Waals surface area (Å²) in [7, 11) is 0. The highest BCUT2D eigenvalue weighted by Gasteiger charge is 1.96. The van der Waals surface area contributed by atoms with Gasteiger partial charge in [-0.25, -0.2) is 0 Å². The Labute approximate surface area is 105 Å². The SMILES string of the molecule is Clc1ccc(CSCc2ccccn2)cc1. The van der Waals surface area contributed by atoms with Crippen LogP contribution in [0.3, 0.4) is 0 Å². The van der Waals surface area contributed by atoms with E-state index in [-0.39, 0.29) is 0 Å². The molecule has 0 atom stereocenters. The minimum absolute atomic E-state index is 0.790. The fourth-order valence-electron chi connectivity index (χ4n) is 1.34. The first-order chi connectivity index (χ1) is 7.84. The molecule has 2 rings (SSSR count). The minimum Gasteiger partial charge on any atom is -0.260 e. The predicted octanol–water partition coefficient (Wildman–Crippen LogP) is 4.17. The molecule has 0 unspecified atom stereocenters. The molecule has 0 N–H and O–H groups in total. The third kappa shape index (κ3) is 3.54. The van der Waals surface area contributed by atoms with Gasteiger partial charge in [0, 0.05) is 22.7 Å². The first-order valence-electron chi connectivity index (χ1n) is 5.07. The quantitative estimate of drug-likeness (QED) is 0.807. The molecule has 0 aliphatic carbocycles. The zero-order valence-corrected chi connectivity index (χ0v) is 10.3. The van der Waals surface area contributed by atoms with Gasteiger partial charge in [-0.05, 0) is 29.8 Å². The van der Waals surface area contributed by atoms with Gasteiger partial charge in [0.15, 0.2) is 0 Å². The molecule has 3 heteroatoms. The van der Waals surface area contributed by atoms with E-state index >= 15 is 0 Å². The largest absolute Gasteiger partial charge is 0.260 e. The number of aromatic nitrogens is 1. The van der Waals surface area contributed by atoms with Gasteiger partial charge in [0.1, 0.15) is 0 Å². The Morgan fingerprint density at radius 1 is 1.00 bits per heavy atom. The predicted molar refractivity (Wildman–Crippen MR) is 70.7 cm³/mol. The highest BCUT2D eigenvalue weighted by atomic mass is 35.5. The Morgan fingerprint density at radius 2 is 1.81 bits per heavy atom. The summed E-state index contributed by atoms with van der Waals surface area (Å²) < 4.78 is 0. The lowest BCUT2D eigenvalue weighted by Crippen LogP contribution is -1.86. The van der Waals surface area contributed by atoms with E-state index in [2.05, 4.69) is 23.2 Å². The van der Waals surface area contributed by atoms with Crippen LogP contribution in [0.5, 0.6) is 0 Å². The maximum atomic E-state index is 5.82. The van der Waals surface area contributed by atoms with Crippen molar-refractivity contribution in [3.05, 3.63) is 64.9 Å². The Balaban J connectivity index is 1.82. The van der Waals surface area contributed by atoms with E-state index in [4.69, 9.17) is 11.6 Å². The van der Waals surface area contributed by atoms with E-state index in [1.807, 2.05) is 42.2 Å². The lowest BCUT2D eigenvalue weighted by Gasteiger charge is -2.01. The van der Waals surface area contributed by atoms with Gasteiger partial charge in [-0.15, -0.1) is 0 Å². The molecule has 0 saturated heterocycles. The van der Waals surface area contributed by atoms with E-state index < -0.39 is 0 Å². The normalized spacial score (nSPS) is 10.3. The first-order valence-corrected chi connectivity index (χ1v) is 6.60. The van der Waals surface area contributed by atoms with Gasteiger partial charge in [-0.2, -0.15) is 11.8 Å². The van der Waals surface area contributed by atoms with Crippen molar-refractivity contribution in [3.8, 4) is 0 Å². The van der Waals surface area contributed by atoms with Crippen molar-refractivity contribution in [2.45, 2.75) is 11.5 Å². The van der Waals surface area contributed by atoms with Crippen LogP contribution in [0.4, 0.5) is 0 Å². The van der Waals surface area contributed by atoms with Crippen molar-refractivity contribution in [3.63, 3.8) is 0 Å². The average molecular weight is 250 g/mol. The summed E-state index contributed by atoms with van der Waals surface area (Å²) in [4.78, 5) is 4.28. The van der Waals surface area contributed by atoms with Gasteiger partial charge in [0.2, 0.25) is 0 Å². The van der Waals surface area contributed by atoms with E-state index in [0.717, 1.165) is 22.2 Å². The number of rotatable bonds is 4. The van der Waals surface area contributed by atoms with Gasteiger partial charge >= 0.3 is 0 Å². The second-order valence-electron chi connectivity index (χ2n) is 3.44. The van der Waals surface area contributed by atoms with E-state index in [9.17, 15) is 0 Å². The van der Waals surface area contributed by atoms with Gasteiger partial charge in [0.05, 0.1) is 5.69 Å². The van der Waals surface area contributed by atoms with Crippen molar-refractivity contribution in [1.29, 1.82) is 0 Å². The lowest BCUT2D eigenvalue weighted by molar-refractivity contribution is 1.17. The summed E-state index contributed by atoms with van der Waals surface area (Å²) in [5.41, 5.74) is 2.42. The Kier molecular flexibility index (Phi) is 4.25. The molecule has 1 aromatic carbocycles. The van der Waals surface area contributed by atoms with E-state index in [0.29, 0.717) is 0 Å². The third-order valence-corrected chi connectivity index (χ3v) is 3.45. The van der Waals surface area contributed by atoms with Crippen LogP contribution in [0.2, 0.25) is 5.02 Å². The summed E-state index contributed by atoms with van der Waals surface area (Å²) in [5.74, 6) is 1.94. The molecule has 1 aromatic heterocycles. The van der Waals surface area contributed by atoms with Crippen molar-refractivity contribution >= 4 is 23.4 Å². The monoisotopic (exact) mass is 249 g/mol. The van der Waals surface area contributed by atoms with Crippen molar-refractivity contribution < 1.29 is 0 Å². The third-order valence-electron chi connectivity index (χ3n) is 2.16. The van der Waals surface area contributed by atoms with E-state index in [1.54, 1.807) is 0 Å². The Morgan fingerprint density at radius 3 is 2.50 bits per heavy atom. The van der Waals surface area contributed by atoms with Crippen LogP contribution in [0, 0.1) is 0 Å². The zero-order chi connectivity index (χ0) is 11.2. The number of halogens is 1. The van der Waals surface area contributed by atoms with Crippen molar-refractivity contribution in [2.24, 2.45) is 0 Å². The van der Waals surface area contributed by atoms with Crippen LogP contribution in [-0.4, -0.2) is 4.98 Å². The minimum atomic E-state index is 0.790. The van der Waals surface area contributed by atoms with Gasteiger partial charge in [-0.3, -0.25) is 4.98 Å². The lowest BCUT2D eigenvalue weighted by atomic mass is 10.2. The molecule has 0 amide bonds. The van der Waals surface area contributed by atoms with Crippen molar-refractivity contribution in [1.82, 2.24) is 4.98 Å². The molecule has 0 aliphatic rings. The summed E-state index contributed by atoms with van der Waals surface area (Å²) >= 11 is 7.68. The summed E-state index contributed by atoms with van der Waals surface area (Å²) in [6.45, 7) is 0. The smallest absolute Gasteiger partial charge is 0.0502 e. The number of benzene rings is 1. The molecule has 0 spiro atoms. The highest BCUT2D eigenvalue weighted by Crippen LogP contribution is 2.18. The molecule has 1 nitrogen and oxygen atoms in total. The summed E-state index contributed by atoms with van der Waals surface area (Å²) in [6, 6.07) is 14.0. The highest BCUT2D eigenvalue weighted by molar-refractivity contribution is 7.97. The molecule has 0 fully saturated rings. The van der Waals surface area contributed by atoms with Crippen LogP contribution >= 0.6 is 23.4 Å². The molecule has 1 heterocycles. The summed E-state index contributed by atoms with van der Waals surface area (Å²) in [6.07, 6.45) is 1.83. The molecular formula is C13H12ClNS. The Bertz CT molecular complexity index is 427. The van der Waals surface area contributed by atoms with Crippen LogP contribution in [0.1, 0.15) is 11.3 Å². The van der Waals surface area contributed by atoms with Gasteiger partial charge < -0.3 is 0 Å². The maximum Gasteiger partial charge on any atom is 0.0502 e. The fourth-order valence-corrected chi connectivity index (χ4v) is 2.37. The first kappa shape index (κ1) is 11.5. The van der Waals surface area contributed by atoms with E-state index in [1.165, 1.54) is 5.56 Å². The average Bonchev–Trinajstić information content (AvgIpc) is 2.33. The fraction of sp³-hybridized carbons (Fsp3) is 0.154. The number of nitrogens with zero attached hydrogens (tertiary/aromatic N) is 1. The standard InChI is InChI=1S/C13H12ClNS/c14-12-6-4-11(5-7-12)9-16-10-13-3-1-2-8-15-13/h1-8H,9-10H2. The van der Waals surface area contributed by atoms with Crippen LogP contribution in [-0.2, 0) is 11.5 Å². The van der Waals surface area contributed by atoms with Gasteiger partial charge in [0.25, 0.3) is 0 Å². The molecule has 0 aliphatic heterocycles. The molecule has 16 heavy (non-hydrogen) atoms. The van der Waals surface area contributed by atoms with Crippen LogP contribution in [0.15, 0.2) is 48.7 Å². The van der Waals surface area contributed by atoms with Crippen LogP contribution < -0.4 is 0 Å².